The second-order valence-corrected chi connectivity index (χ2v) is 3.78. The molecule has 4 nitrogen and oxygen atoms in total. The number of piperidine rings is 1. The number of nitrogens with two attached hydrogens (primary N) is 1. The summed E-state index contributed by atoms with van der Waals surface area (Å²) in [5.74, 6) is -3.52. The van der Waals surface area contributed by atoms with Crippen LogP contribution in [0.15, 0.2) is 12.1 Å². The Hall–Kier alpha value is -1.98. The summed E-state index contributed by atoms with van der Waals surface area (Å²) in [5, 5.41) is 0. The predicted molar refractivity (Wildman–Crippen MR) is 57.1 cm³/mol. The summed E-state index contributed by atoms with van der Waals surface area (Å²) >= 11 is 0. The molecule has 6 heteroatoms. The van der Waals surface area contributed by atoms with Gasteiger partial charge in [-0.15, -0.1) is 0 Å². The largest absolute Gasteiger partial charge is 0.397 e. The maximum Gasteiger partial charge on any atom is 0.233 e. The predicted octanol–water partition coefficient (Wildman–Crippen LogP) is 1.59. The van der Waals surface area contributed by atoms with Crippen molar-refractivity contribution in [1.82, 2.24) is 0 Å². The summed E-state index contributed by atoms with van der Waals surface area (Å²) in [6, 6.07) is 1.98. The molecule has 2 N–H and O–H groups in total. The molecule has 1 aliphatic rings. The number of carbonyl (C=O) groups is 2. The number of hydrogen-bond acceptors (Lipinski definition) is 3. The third-order valence-electron chi connectivity index (χ3n) is 2.60. The highest BCUT2D eigenvalue weighted by Crippen LogP contribution is 2.31. The van der Waals surface area contributed by atoms with Gasteiger partial charge in [-0.2, -0.15) is 0 Å². The standard InChI is InChI=1S/C11H10F2N2O2/c12-6-4-5-7(14)11(10(6)13)15-8(16)2-1-3-9(15)17/h4-5H,1-3,14H2. The van der Waals surface area contributed by atoms with Gasteiger partial charge in [0, 0.05) is 12.8 Å². The zero-order chi connectivity index (χ0) is 12.6. The summed E-state index contributed by atoms with van der Waals surface area (Å²) in [6.07, 6.45) is 0.674. The Bertz CT molecular complexity index is 486. The van der Waals surface area contributed by atoms with Crippen LogP contribution in [0.4, 0.5) is 20.2 Å². The number of nitrogen functional groups attached to an aromatic ring is 1. The van der Waals surface area contributed by atoms with Gasteiger partial charge in [-0.25, -0.2) is 13.7 Å². The normalized spacial score (nSPS) is 16.5. The molecular formula is C11H10F2N2O2. The van der Waals surface area contributed by atoms with Crippen LogP contribution in [0, 0.1) is 11.6 Å². The maximum absolute atomic E-state index is 13.6. The molecule has 0 radical (unpaired) electrons. The molecule has 0 unspecified atom stereocenters. The first-order valence-electron chi connectivity index (χ1n) is 5.11. The number of nitrogens with zero attached hydrogens (tertiary/aromatic N) is 1. The third kappa shape index (κ3) is 1.86. The Morgan fingerprint density at radius 1 is 1.12 bits per heavy atom. The lowest BCUT2D eigenvalue weighted by atomic mass is 10.1. The van der Waals surface area contributed by atoms with E-state index in [4.69, 9.17) is 5.73 Å². The first-order chi connectivity index (χ1) is 8.02. The molecule has 0 spiro atoms. The average Bonchev–Trinajstić information content (AvgIpc) is 2.28. The van der Waals surface area contributed by atoms with Gasteiger partial charge < -0.3 is 5.73 Å². The average molecular weight is 240 g/mol. The van der Waals surface area contributed by atoms with Crippen LogP contribution in [0.5, 0.6) is 0 Å². The number of hydrogen-bond donors (Lipinski definition) is 1. The molecule has 2 amide bonds. The summed E-state index contributed by atoms with van der Waals surface area (Å²) in [6.45, 7) is 0. The monoisotopic (exact) mass is 240 g/mol. The SMILES string of the molecule is Nc1ccc(F)c(F)c1N1C(=O)CCCC1=O. The number of anilines is 2. The number of carbonyl (C=O) groups excluding carboxylic acids is 2. The Kier molecular flexibility index (Phi) is 2.79. The molecule has 0 saturated carbocycles. The molecule has 1 heterocycles. The molecular weight excluding hydrogens is 230 g/mol. The fraction of sp³-hybridized carbons (Fsp3) is 0.273. The number of benzene rings is 1. The summed E-state index contributed by atoms with van der Waals surface area (Å²) in [7, 11) is 0. The molecule has 17 heavy (non-hydrogen) atoms. The van der Waals surface area contributed by atoms with Gasteiger partial charge in [0.15, 0.2) is 11.6 Å². The van der Waals surface area contributed by atoms with Crippen LogP contribution in [0.2, 0.25) is 0 Å². The minimum atomic E-state index is -1.27. The van der Waals surface area contributed by atoms with E-state index in [1.807, 2.05) is 0 Å². The fourth-order valence-corrected chi connectivity index (χ4v) is 1.79. The summed E-state index contributed by atoms with van der Waals surface area (Å²) in [4.78, 5) is 23.8. The zero-order valence-electron chi connectivity index (χ0n) is 8.87. The quantitative estimate of drug-likeness (QED) is 0.599. The van der Waals surface area contributed by atoms with Crippen LogP contribution in [0.25, 0.3) is 0 Å². The lowest BCUT2D eigenvalue weighted by molar-refractivity contribution is -0.129. The van der Waals surface area contributed by atoms with Crippen LogP contribution in [-0.2, 0) is 9.59 Å². The van der Waals surface area contributed by atoms with Gasteiger partial charge in [0.05, 0.1) is 5.69 Å². The molecule has 0 bridgehead atoms. The van der Waals surface area contributed by atoms with Crippen molar-refractivity contribution in [2.75, 3.05) is 10.6 Å². The second kappa shape index (κ2) is 4.12. The number of amides is 2. The van der Waals surface area contributed by atoms with Gasteiger partial charge in [0.25, 0.3) is 0 Å². The fourth-order valence-electron chi connectivity index (χ4n) is 1.79. The maximum atomic E-state index is 13.6. The highest BCUT2D eigenvalue weighted by atomic mass is 19.2. The molecule has 2 rings (SSSR count). The Labute approximate surface area is 96.0 Å². The van der Waals surface area contributed by atoms with Crippen molar-refractivity contribution >= 4 is 23.2 Å². The minimum absolute atomic E-state index is 0.126. The van der Waals surface area contributed by atoms with E-state index in [0.717, 1.165) is 12.1 Å². The Morgan fingerprint density at radius 3 is 2.29 bits per heavy atom. The van der Waals surface area contributed by atoms with Gasteiger partial charge in [0.1, 0.15) is 5.69 Å². The van der Waals surface area contributed by atoms with Crippen LogP contribution in [0.3, 0.4) is 0 Å². The lowest BCUT2D eigenvalue weighted by Gasteiger charge is -2.26. The van der Waals surface area contributed by atoms with E-state index in [-0.39, 0.29) is 18.5 Å². The van der Waals surface area contributed by atoms with Crippen molar-refractivity contribution in [1.29, 1.82) is 0 Å². The van der Waals surface area contributed by atoms with Crippen LogP contribution < -0.4 is 10.6 Å². The highest BCUT2D eigenvalue weighted by molar-refractivity contribution is 6.17. The Balaban J connectivity index is 2.55. The van der Waals surface area contributed by atoms with Crippen LogP contribution in [0.1, 0.15) is 19.3 Å². The van der Waals surface area contributed by atoms with E-state index in [1.54, 1.807) is 0 Å². The van der Waals surface area contributed by atoms with Crippen molar-refractivity contribution in [3.8, 4) is 0 Å². The van der Waals surface area contributed by atoms with Gasteiger partial charge >= 0.3 is 0 Å². The molecule has 1 aromatic carbocycles. The topological polar surface area (TPSA) is 63.4 Å². The second-order valence-electron chi connectivity index (χ2n) is 3.78. The molecule has 0 aromatic heterocycles. The van der Waals surface area contributed by atoms with E-state index in [2.05, 4.69) is 0 Å². The van der Waals surface area contributed by atoms with E-state index < -0.39 is 29.1 Å². The molecule has 1 aromatic rings. The molecule has 0 atom stereocenters. The zero-order valence-corrected chi connectivity index (χ0v) is 8.87. The van der Waals surface area contributed by atoms with Crippen LogP contribution in [-0.4, -0.2) is 11.8 Å². The van der Waals surface area contributed by atoms with Gasteiger partial charge in [-0.3, -0.25) is 9.59 Å². The van der Waals surface area contributed by atoms with Gasteiger partial charge in [0.2, 0.25) is 11.8 Å². The molecule has 1 saturated heterocycles. The van der Waals surface area contributed by atoms with Crippen molar-refractivity contribution < 1.29 is 18.4 Å². The minimum Gasteiger partial charge on any atom is -0.397 e. The smallest absolute Gasteiger partial charge is 0.233 e. The van der Waals surface area contributed by atoms with E-state index in [1.165, 1.54) is 0 Å². The number of rotatable bonds is 1. The van der Waals surface area contributed by atoms with E-state index >= 15 is 0 Å². The van der Waals surface area contributed by atoms with E-state index in [0.29, 0.717) is 11.3 Å². The summed E-state index contributed by atoms with van der Waals surface area (Å²) < 4.78 is 26.7. The van der Waals surface area contributed by atoms with Crippen molar-refractivity contribution in [3.63, 3.8) is 0 Å². The number of imide groups is 1. The highest BCUT2D eigenvalue weighted by Gasteiger charge is 2.31. The molecule has 1 fully saturated rings. The van der Waals surface area contributed by atoms with Gasteiger partial charge in [-0.05, 0) is 18.6 Å². The summed E-state index contributed by atoms with van der Waals surface area (Å²) in [5.41, 5.74) is 4.89. The van der Waals surface area contributed by atoms with E-state index in [9.17, 15) is 18.4 Å². The first kappa shape index (κ1) is 11.5. The van der Waals surface area contributed by atoms with Crippen molar-refractivity contribution in [2.24, 2.45) is 0 Å². The Morgan fingerprint density at radius 2 is 1.71 bits per heavy atom. The van der Waals surface area contributed by atoms with Crippen LogP contribution >= 0.6 is 0 Å². The number of halogens is 2. The van der Waals surface area contributed by atoms with Crippen molar-refractivity contribution in [2.45, 2.75) is 19.3 Å². The van der Waals surface area contributed by atoms with Crippen molar-refractivity contribution in [3.05, 3.63) is 23.8 Å². The third-order valence-corrected chi connectivity index (χ3v) is 2.60. The first-order valence-corrected chi connectivity index (χ1v) is 5.11. The molecule has 90 valence electrons. The molecule has 1 aliphatic heterocycles. The van der Waals surface area contributed by atoms with Gasteiger partial charge in [-0.1, -0.05) is 0 Å². The lowest BCUT2D eigenvalue weighted by Crippen LogP contribution is -2.41. The molecule has 0 aliphatic carbocycles.